The number of benzene rings is 1. The first kappa shape index (κ1) is 24.7. The Balaban J connectivity index is 1.21. The molecule has 0 saturated carbocycles. The van der Waals surface area contributed by atoms with Crippen LogP contribution in [0, 0.1) is 6.92 Å². The van der Waals surface area contributed by atoms with Gasteiger partial charge in [0.05, 0.1) is 11.0 Å². The Hall–Kier alpha value is -3.98. The van der Waals surface area contributed by atoms with E-state index >= 15 is 0 Å². The number of carbonyl (C=O) groups is 1. The first-order chi connectivity index (χ1) is 17.7. The topological polar surface area (TPSA) is 99.3 Å². The molecule has 1 aromatic carbocycles. The fourth-order valence-electron chi connectivity index (χ4n) is 4.41. The lowest BCUT2D eigenvalue weighted by molar-refractivity contribution is 0.0139. The number of hydrogen-bond donors (Lipinski definition) is 2. The van der Waals surface area contributed by atoms with Crippen LogP contribution in [0.4, 0.5) is 16.6 Å². The molecule has 4 aromatic rings. The number of imidazole rings is 1. The minimum atomic E-state index is -0.477. The standard InChI is InChI=1S/C28H33N7O2/c1-19-15-22(8-10-29-19)21-5-6-23-24(17-21)32-26(31-23)33-25-16-20(7-9-30-25)18-34-11-13-35(14-12-34)27(36)37-28(2,3)4/h5-10,15-17H,11-14,18H2,1-4H3,(H2,30,31,32,33). The summed E-state index contributed by atoms with van der Waals surface area (Å²) in [5.74, 6) is 1.38. The summed E-state index contributed by atoms with van der Waals surface area (Å²) in [5.41, 5.74) is 5.73. The second-order valence-corrected chi connectivity index (χ2v) is 10.4. The maximum atomic E-state index is 12.3. The van der Waals surface area contributed by atoms with Gasteiger partial charge in [0, 0.05) is 50.8 Å². The van der Waals surface area contributed by atoms with Crippen LogP contribution in [-0.4, -0.2) is 67.6 Å². The lowest BCUT2D eigenvalue weighted by Crippen LogP contribution is -2.49. The molecule has 3 aromatic heterocycles. The highest BCUT2D eigenvalue weighted by molar-refractivity contribution is 5.84. The number of pyridine rings is 2. The van der Waals surface area contributed by atoms with Crippen LogP contribution in [0.25, 0.3) is 22.2 Å². The number of fused-ring (bicyclic) bond motifs is 1. The van der Waals surface area contributed by atoms with E-state index < -0.39 is 5.60 Å². The molecular formula is C28H33N7O2. The Morgan fingerprint density at radius 1 is 1.00 bits per heavy atom. The molecule has 1 amide bonds. The van der Waals surface area contributed by atoms with Crippen LogP contribution in [-0.2, 0) is 11.3 Å². The van der Waals surface area contributed by atoms with Crippen LogP contribution in [0.3, 0.4) is 0 Å². The Kier molecular flexibility index (Phi) is 6.80. The summed E-state index contributed by atoms with van der Waals surface area (Å²) in [4.78, 5) is 33.2. The molecule has 2 N–H and O–H groups in total. The molecule has 0 unspecified atom stereocenters. The Labute approximate surface area is 216 Å². The van der Waals surface area contributed by atoms with Gasteiger partial charge in [-0.1, -0.05) is 6.07 Å². The first-order valence-corrected chi connectivity index (χ1v) is 12.6. The highest BCUT2D eigenvalue weighted by atomic mass is 16.6. The van der Waals surface area contributed by atoms with Crippen LogP contribution in [0.5, 0.6) is 0 Å². The average Bonchev–Trinajstić information content (AvgIpc) is 3.25. The largest absolute Gasteiger partial charge is 0.444 e. The van der Waals surface area contributed by atoms with Gasteiger partial charge in [0.2, 0.25) is 5.95 Å². The third-order valence-electron chi connectivity index (χ3n) is 6.21. The summed E-state index contributed by atoms with van der Waals surface area (Å²) in [7, 11) is 0. The van der Waals surface area contributed by atoms with Gasteiger partial charge in [-0.2, -0.15) is 0 Å². The minimum Gasteiger partial charge on any atom is -0.444 e. The molecule has 192 valence electrons. The van der Waals surface area contributed by atoms with E-state index in [1.54, 1.807) is 11.1 Å². The van der Waals surface area contributed by atoms with Crippen molar-refractivity contribution in [1.82, 2.24) is 29.7 Å². The fraction of sp³-hybridized carbons (Fsp3) is 0.357. The second-order valence-electron chi connectivity index (χ2n) is 10.4. The van der Waals surface area contributed by atoms with E-state index in [4.69, 9.17) is 4.74 Å². The van der Waals surface area contributed by atoms with E-state index in [1.807, 2.05) is 58.2 Å². The van der Waals surface area contributed by atoms with Crippen molar-refractivity contribution >= 4 is 28.9 Å². The molecule has 1 aliphatic heterocycles. The number of H-pyrrole nitrogens is 1. The molecule has 9 heteroatoms. The highest BCUT2D eigenvalue weighted by Crippen LogP contribution is 2.25. The number of amides is 1. The smallest absolute Gasteiger partial charge is 0.410 e. The number of carbonyl (C=O) groups excluding carboxylic acids is 1. The van der Waals surface area contributed by atoms with Crippen molar-refractivity contribution in [3.8, 4) is 11.1 Å². The molecule has 0 bridgehead atoms. The van der Waals surface area contributed by atoms with Gasteiger partial charge in [-0.25, -0.2) is 14.8 Å². The summed E-state index contributed by atoms with van der Waals surface area (Å²) in [6.07, 6.45) is 3.40. The summed E-state index contributed by atoms with van der Waals surface area (Å²) in [5, 5.41) is 3.31. The number of anilines is 2. The van der Waals surface area contributed by atoms with Crippen molar-refractivity contribution in [3.05, 3.63) is 66.1 Å². The Morgan fingerprint density at radius 3 is 2.51 bits per heavy atom. The molecule has 0 radical (unpaired) electrons. The van der Waals surface area contributed by atoms with Crippen molar-refractivity contribution in [1.29, 1.82) is 0 Å². The van der Waals surface area contributed by atoms with E-state index in [-0.39, 0.29) is 6.09 Å². The maximum Gasteiger partial charge on any atom is 0.410 e. The minimum absolute atomic E-state index is 0.239. The molecule has 0 aliphatic carbocycles. The predicted molar refractivity (Wildman–Crippen MR) is 145 cm³/mol. The van der Waals surface area contributed by atoms with Crippen molar-refractivity contribution < 1.29 is 9.53 Å². The monoisotopic (exact) mass is 499 g/mol. The predicted octanol–water partition coefficient (Wildman–Crippen LogP) is 5.12. The first-order valence-electron chi connectivity index (χ1n) is 12.6. The Morgan fingerprint density at radius 2 is 1.76 bits per heavy atom. The summed E-state index contributed by atoms with van der Waals surface area (Å²) >= 11 is 0. The van der Waals surface area contributed by atoms with E-state index in [2.05, 4.69) is 48.4 Å². The van der Waals surface area contributed by atoms with E-state index in [0.717, 1.165) is 58.9 Å². The molecule has 0 spiro atoms. The fourth-order valence-corrected chi connectivity index (χ4v) is 4.41. The number of aromatic nitrogens is 4. The van der Waals surface area contributed by atoms with Crippen molar-refractivity contribution in [2.24, 2.45) is 0 Å². The number of aryl methyl sites for hydroxylation is 1. The van der Waals surface area contributed by atoms with Crippen LogP contribution in [0.2, 0.25) is 0 Å². The van der Waals surface area contributed by atoms with Gasteiger partial charge >= 0.3 is 6.09 Å². The van der Waals surface area contributed by atoms with Gasteiger partial charge in [0.25, 0.3) is 0 Å². The maximum absolute atomic E-state index is 12.3. The van der Waals surface area contributed by atoms with Gasteiger partial charge in [-0.05, 0) is 80.8 Å². The summed E-state index contributed by atoms with van der Waals surface area (Å²) in [6.45, 7) is 11.4. The number of piperazine rings is 1. The van der Waals surface area contributed by atoms with Crippen molar-refractivity contribution in [2.75, 3.05) is 31.5 Å². The third kappa shape index (κ3) is 6.24. The summed E-state index contributed by atoms with van der Waals surface area (Å²) < 4.78 is 5.50. The normalized spacial score (nSPS) is 14.6. The van der Waals surface area contributed by atoms with Crippen LogP contribution in [0.15, 0.2) is 54.9 Å². The number of aromatic amines is 1. The van der Waals surface area contributed by atoms with Gasteiger partial charge in [0.15, 0.2) is 0 Å². The molecule has 4 heterocycles. The number of nitrogens with one attached hydrogen (secondary N) is 2. The zero-order valence-corrected chi connectivity index (χ0v) is 21.8. The zero-order chi connectivity index (χ0) is 26.0. The third-order valence-corrected chi connectivity index (χ3v) is 6.21. The quantitative estimate of drug-likeness (QED) is 0.393. The molecule has 1 aliphatic rings. The molecule has 1 fully saturated rings. The zero-order valence-electron chi connectivity index (χ0n) is 21.8. The SMILES string of the molecule is Cc1cc(-c2ccc3nc(Nc4cc(CN5CCN(C(=O)OC(C)(C)C)CC5)ccn4)[nH]c3c2)ccn1. The van der Waals surface area contributed by atoms with Crippen LogP contribution < -0.4 is 5.32 Å². The molecule has 1 saturated heterocycles. The summed E-state index contributed by atoms with van der Waals surface area (Å²) in [6, 6.07) is 14.3. The lowest BCUT2D eigenvalue weighted by Gasteiger charge is -2.35. The van der Waals surface area contributed by atoms with Crippen LogP contribution >= 0.6 is 0 Å². The van der Waals surface area contributed by atoms with E-state index in [0.29, 0.717) is 19.0 Å². The molecule has 5 rings (SSSR count). The Bertz CT molecular complexity index is 1400. The van der Waals surface area contributed by atoms with Crippen molar-refractivity contribution in [3.63, 3.8) is 0 Å². The number of hydrogen-bond acceptors (Lipinski definition) is 7. The van der Waals surface area contributed by atoms with Crippen molar-refractivity contribution in [2.45, 2.75) is 39.8 Å². The number of rotatable bonds is 5. The molecule has 0 atom stereocenters. The lowest BCUT2D eigenvalue weighted by atomic mass is 10.1. The van der Waals surface area contributed by atoms with E-state index in [9.17, 15) is 4.79 Å². The average molecular weight is 500 g/mol. The second kappa shape index (κ2) is 10.2. The van der Waals surface area contributed by atoms with Crippen LogP contribution in [0.1, 0.15) is 32.0 Å². The van der Waals surface area contributed by atoms with E-state index in [1.165, 1.54) is 0 Å². The van der Waals surface area contributed by atoms with Gasteiger partial charge in [-0.15, -0.1) is 0 Å². The molecular weight excluding hydrogens is 466 g/mol. The number of nitrogens with zero attached hydrogens (tertiary/aromatic N) is 5. The highest BCUT2D eigenvalue weighted by Gasteiger charge is 2.25. The van der Waals surface area contributed by atoms with Gasteiger partial charge < -0.3 is 19.9 Å². The number of ether oxygens (including phenoxy) is 1. The molecule has 37 heavy (non-hydrogen) atoms. The molecule has 9 nitrogen and oxygen atoms in total. The van der Waals surface area contributed by atoms with Gasteiger partial charge in [0.1, 0.15) is 11.4 Å². The van der Waals surface area contributed by atoms with Gasteiger partial charge in [-0.3, -0.25) is 9.88 Å².